The van der Waals surface area contributed by atoms with E-state index in [2.05, 4.69) is 45.5 Å². The fraction of sp³-hybridized carbons (Fsp3) is 0.391. The molecule has 0 unspecified atom stereocenters. The maximum atomic E-state index is 12.1. The Kier molecular flexibility index (Phi) is 5.06. The molecule has 0 bridgehead atoms. The second-order valence-corrected chi connectivity index (χ2v) is 11.0. The molecule has 1 amide bonds. The zero-order valence-corrected chi connectivity index (χ0v) is 18.4. The molecule has 2 fully saturated rings. The molecule has 1 aromatic carbocycles. The summed E-state index contributed by atoms with van der Waals surface area (Å²) < 4.78 is 25.3. The summed E-state index contributed by atoms with van der Waals surface area (Å²) in [5, 5.41) is 2.93. The minimum absolute atomic E-state index is 0.0524. The van der Waals surface area contributed by atoms with Gasteiger partial charge >= 0.3 is 0 Å². The lowest BCUT2D eigenvalue weighted by Gasteiger charge is -2.26. The molecule has 1 N–H and O–H groups in total. The maximum Gasteiger partial charge on any atom is 0.228 e. The molecule has 7 nitrogen and oxygen atoms in total. The molecule has 2 aromatic heterocycles. The van der Waals surface area contributed by atoms with Gasteiger partial charge in [0.1, 0.15) is 5.65 Å². The van der Waals surface area contributed by atoms with Crippen LogP contribution in [0.1, 0.15) is 24.0 Å². The predicted molar refractivity (Wildman–Crippen MR) is 121 cm³/mol. The molecule has 31 heavy (non-hydrogen) atoms. The number of benzene rings is 1. The monoisotopic (exact) mass is 438 g/mol. The number of pyridine rings is 1. The Morgan fingerprint density at radius 3 is 2.52 bits per heavy atom. The number of imidazole rings is 1. The summed E-state index contributed by atoms with van der Waals surface area (Å²) in [4.78, 5) is 18.9. The molecule has 3 aromatic rings. The van der Waals surface area contributed by atoms with Gasteiger partial charge in [0.05, 0.1) is 23.4 Å². The number of nitrogens with zero attached hydrogens (tertiary/aromatic N) is 3. The van der Waals surface area contributed by atoms with Crippen LogP contribution in [0.4, 0.5) is 5.82 Å². The van der Waals surface area contributed by atoms with E-state index >= 15 is 0 Å². The van der Waals surface area contributed by atoms with Crippen molar-refractivity contribution >= 4 is 27.2 Å². The van der Waals surface area contributed by atoms with Crippen LogP contribution in [0.15, 0.2) is 42.6 Å². The SMILES string of the molecule is Cc1cc(-c2ccc(CN3CCS(=O)(=O)CC3)cc2)n2cc(NC(=O)C3CC3)nc2c1. The zero-order valence-electron chi connectivity index (χ0n) is 17.5. The fourth-order valence-electron chi connectivity index (χ4n) is 4.02. The average Bonchev–Trinajstić information content (AvgIpc) is 3.51. The number of carbonyl (C=O) groups excluding carboxylic acids is 1. The first-order chi connectivity index (χ1) is 14.9. The number of aryl methyl sites for hydroxylation is 1. The summed E-state index contributed by atoms with van der Waals surface area (Å²) in [6.45, 7) is 3.97. The van der Waals surface area contributed by atoms with E-state index in [0.29, 0.717) is 18.9 Å². The highest BCUT2D eigenvalue weighted by molar-refractivity contribution is 7.91. The highest BCUT2D eigenvalue weighted by atomic mass is 32.2. The van der Waals surface area contributed by atoms with Crippen molar-refractivity contribution in [2.24, 2.45) is 5.92 Å². The van der Waals surface area contributed by atoms with Crippen LogP contribution < -0.4 is 5.32 Å². The van der Waals surface area contributed by atoms with Gasteiger partial charge in [-0.3, -0.25) is 14.1 Å². The quantitative estimate of drug-likeness (QED) is 0.662. The van der Waals surface area contributed by atoms with Crippen molar-refractivity contribution < 1.29 is 13.2 Å². The Morgan fingerprint density at radius 2 is 1.84 bits per heavy atom. The van der Waals surface area contributed by atoms with E-state index in [1.165, 1.54) is 0 Å². The molecule has 1 aliphatic carbocycles. The number of aromatic nitrogens is 2. The van der Waals surface area contributed by atoms with Gasteiger partial charge in [0.15, 0.2) is 15.7 Å². The molecular weight excluding hydrogens is 412 g/mol. The fourth-order valence-corrected chi connectivity index (χ4v) is 5.30. The minimum atomic E-state index is -2.86. The average molecular weight is 439 g/mol. The molecule has 162 valence electrons. The summed E-state index contributed by atoms with van der Waals surface area (Å²) in [5.41, 5.74) is 5.16. The first-order valence-electron chi connectivity index (χ1n) is 10.7. The molecule has 0 radical (unpaired) electrons. The van der Waals surface area contributed by atoms with E-state index < -0.39 is 9.84 Å². The normalized spacial score (nSPS) is 18.9. The van der Waals surface area contributed by atoms with Crippen LogP contribution in [0.3, 0.4) is 0 Å². The second-order valence-electron chi connectivity index (χ2n) is 8.66. The lowest BCUT2D eigenvalue weighted by molar-refractivity contribution is -0.117. The van der Waals surface area contributed by atoms with Crippen molar-refractivity contribution in [3.05, 3.63) is 53.7 Å². The third-order valence-corrected chi connectivity index (χ3v) is 7.62. The first kappa shape index (κ1) is 20.2. The van der Waals surface area contributed by atoms with Crippen molar-refractivity contribution in [3.63, 3.8) is 0 Å². The minimum Gasteiger partial charge on any atom is -0.309 e. The number of sulfone groups is 1. The Bertz CT molecular complexity index is 1230. The molecular formula is C23H26N4O3S. The first-order valence-corrected chi connectivity index (χ1v) is 12.5. The van der Waals surface area contributed by atoms with Gasteiger partial charge in [0, 0.05) is 25.6 Å². The molecule has 5 rings (SSSR count). The molecule has 2 aliphatic rings. The Balaban J connectivity index is 1.37. The lowest BCUT2D eigenvalue weighted by Crippen LogP contribution is -2.39. The van der Waals surface area contributed by atoms with E-state index in [1.807, 2.05) is 23.6 Å². The standard InChI is InChI=1S/C23H26N4O3S/c1-16-12-20(27-15-21(24-22(27)13-16)25-23(28)19-6-7-19)18-4-2-17(3-5-18)14-26-8-10-31(29,30)11-9-26/h2-5,12-13,15,19H,6-11,14H2,1H3,(H,25,28). The second kappa shape index (κ2) is 7.76. The summed E-state index contributed by atoms with van der Waals surface area (Å²) in [5.74, 6) is 1.26. The molecule has 0 spiro atoms. The van der Waals surface area contributed by atoms with Gasteiger partial charge in [-0.25, -0.2) is 13.4 Å². The zero-order chi connectivity index (χ0) is 21.6. The maximum absolute atomic E-state index is 12.1. The molecule has 1 saturated carbocycles. The van der Waals surface area contributed by atoms with Crippen LogP contribution in [-0.2, 0) is 21.2 Å². The molecule has 1 aliphatic heterocycles. The number of anilines is 1. The number of hydrogen-bond acceptors (Lipinski definition) is 5. The Labute approximate surface area is 182 Å². The summed E-state index contributed by atoms with van der Waals surface area (Å²) in [6, 6.07) is 12.5. The number of amides is 1. The van der Waals surface area contributed by atoms with Crippen LogP contribution in [-0.4, -0.2) is 53.2 Å². The lowest BCUT2D eigenvalue weighted by atomic mass is 10.1. The summed E-state index contributed by atoms with van der Waals surface area (Å²) >= 11 is 0. The summed E-state index contributed by atoms with van der Waals surface area (Å²) in [7, 11) is -2.86. The molecule has 3 heterocycles. The number of hydrogen-bond donors (Lipinski definition) is 1. The Hall–Kier alpha value is -2.71. The van der Waals surface area contributed by atoms with Gasteiger partial charge in [0.25, 0.3) is 0 Å². The van der Waals surface area contributed by atoms with Crippen molar-refractivity contribution in [2.75, 3.05) is 29.9 Å². The number of rotatable bonds is 5. The summed E-state index contributed by atoms with van der Waals surface area (Å²) in [6.07, 6.45) is 3.80. The molecule has 8 heteroatoms. The van der Waals surface area contributed by atoms with E-state index in [4.69, 9.17) is 0 Å². The van der Waals surface area contributed by atoms with Crippen LogP contribution in [0.5, 0.6) is 0 Å². The smallest absolute Gasteiger partial charge is 0.228 e. The van der Waals surface area contributed by atoms with Gasteiger partial charge < -0.3 is 5.32 Å². The van der Waals surface area contributed by atoms with E-state index in [0.717, 1.165) is 47.4 Å². The van der Waals surface area contributed by atoms with Crippen molar-refractivity contribution in [1.29, 1.82) is 0 Å². The van der Waals surface area contributed by atoms with Crippen LogP contribution in [0.25, 0.3) is 16.9 Å². The topological polar surface area (TPSA) is 83.8 Å². The van der Waals surface area contributed by atoms with Crippen molar-refractivity contribution in [3.8, 4) is 11.3 Å². The highest BCUT2D eigenvalue weighted by Crippen LogP contribution is 2.31. The molecule has 1 saturated heterocycles. The van der Waals surface area contributed by atoms with Gasteiger partial charge in [-0.15, -0.1) is 0 Å². The van der Waals surface area contributed by atoms with Gasteiger partial charge in [-0.05, 0) is 48.6 Å². The Morgan fingerprint density at radius 1 is 1.13 bits per heavy atom. The van der Waals surface area contributed by atoms with Crippen LogP contribution >= 0.6 is 0 Å². The highest BCUT2D eigenvalue weighted by Gasteiger charge is 2.30. The van der Waals surface area contributed by atoms with E-state index in [1.54, 1.807) is 0 Å². The van der Waals surface area contributed by atoms with Gasteiger partial charge in [0.2, 0.25) is 5.91 Å². The number of carbonyl (C=O) groups is 1. The third-order valence-electron chi connectivity index (χ3n) is 6.01. The third kappa shape index (κ3) is 4.50. The predicted octanol–water partition coefficient (Wildman–Crippen LogP) is 2.89. The van der Waals surface area contributed by atoms with Crippen LogP contribution in [0, 0.1) is 12.8 Å². The van der Waals surface area contributed by atoms with Crippen molar-refractivity contribution in [1.82, 2.24) is 14.3 Å². The van der Waals surface area contributed by atoms with Gasteiger partial charge in [-0.1, -0.05) is 24.3 Å². The number of nitrogens with one attached hydrogen (secondary N) is 1. The largest absolute Gasteiger partial charge is 0.309 e. The van der Waals surface area contributed by atoms with E-state index in [-0.39, 0.29) is 23.3 Å². The van der Waals surface area contributed by atoms with Crippen LogP contribution in [0.2, 0.25) is 0 Å². The van der Waals surface area contributed by atoms with Gasteiger partial charge in [-0.2, -0.15) is 0 Å². The van der Waals surface area contributed by atoms with E-state index in [9.17, 15) is 13.2 Å². The van der Waals surface area contributed by atoms with Crippen molar-refractivity contribution in [2.45, 2.75) is 26.3 Å². The molecule has 0 atom stereocenters. The number of fused-ring (bicyclic) bond motifs is 1.